The van der Waals surface area contributed by atoms with E-state index >= 15 is 0 Å². The van der Waals surface area contributed by atoms with Gasteiger partial charge in [0.2, 0.25) is 0 Å². The Balaban J connectivity index is -0.0000000817. The van der Waals surface area contributed by atoms with Crippen LogP contribution in [0, 0.1) is 14.9 Å². The molecule has 4 heteroatoms. The Morgan fingerprint density at radius 1 is 1.27 bits per heavy atom. The van der Waals surface area contributed by atoms with Crippen LogP contribution in [0.3, 0.4) is 0 Å². The molecular weight excluding hydrogens is 359 g/mol. The summed E-state index contributed by atoms with van der Waals surface area (Å²) in [6, 6.07) is 0. The molecule has 0 rings (SSSR count). The van der Waals surface area contributed by atoms with Crippen molar-refractivity contribution in [2.24, 2.45) is 0 Å². The first-order chi connectivity index (χ1) is 3.72. The molecule has 0 atom stereocenters. The number of hydrogen-bond donors (Lipinski definition) is 0. The maximum Gasteiger partial charge on any atom is 3.00 e. The van der Waals surface area contributed by atoms with E-state index in [4.69, 9.17) is 24.8 Å². The Labute approximate surface area is 97.8 Å². The van der Waals surface area contributed by atoms with Crippen molar-refractivity contribution in [3.8, 4) is 0 Å². The van der Waals surface area contributed by atoms with Gasteiger partial charge in [-0.1, -0.05) is 4.32 Å². The zero-order valence-electron chi connectivity index (χ0n) is 7.48. The molecule has 0 aliphatic rings. The molecule has 0 bridgehead atoms. The molecule has 0 fully saturated rings. The summed E-state index contributed by atoms with van der Waals surface area (Å²) in [7, 11) is 0. The maximum absolute atomic E-state index is 4.76. The standard InChI is InChI=1S/C5H11NS2.2CH3.Au/c1-3-6(4-2)5(7)8;;;/h3-4H2,1-2H3,(H,7,8);2*1H3;/q;2*-1;+3/p-1. The second-order valence-corrected chi connectivity index (χ2v) is 2.47. The molecule has 0 aliphatic heterocycles. The Kier molecular flexibility index (Phi) is 27.7. The van der Waals surface area contributed by atoms with Crippen molar-refractivity contribution < 1.29 is 22.4 Å². The van der Waals surface area contributed by atoms with Gasteiger partial charge >= 0.3 is 22.4 Å². The average molecular weight is 375 g/mol. The second kappa shape index (κ2) is 13.4. The maximum atomic E-state index is 4.76. The normalized spacial score (nSPS) is 6.36. The zero-order valence-corrected chi connectivity index (χ0v) is 11.3. The average Bonchev–Trinajstić information content (AvgIpc) is 1.69. The smallest absolute Gasteiger partial charge is 0.411 e. The summed E-state index contributed by atoms with van der Waals surface area (Å²) in [4.78, 5) is 1.96. The molecule has 11 heavy (non-hydrogen) atoms. The van der Waals surface area contributed by atoms with Gasteiger partial charge in [-0.15, -0.1) is 0 Å². The summed E-state index contributed by atoms with van der Waals surface area (Å²) in [5.74, 6) is 0. The van der Waals surface area contributed by atoms with E-state index in [1.54, 1.807) is 0 Å². The molecule has 0 aromatic heterocycles. The van der Waals surface area contributed by atoms with Gasteiger partial charge in [-0.25, -0.2) is 0 Å². The third-order valence-electron chi connectivity index (χ3n) is 1.02. The monoisotopic (exact) mass is 375 g/mol. The number of thiocarbonyl (C=S) groups is 1. The van der Waals surface area contributed by atoms with Crippen LogP contribution in [0.15, 0.2) is 0 Å². The van der Waals surface area contributed by atoms with Crippen LogP contribution >= 0.6 is 12.2 Å². The largest absolute Gasteiger partial charge is 3.00 e. The van der Waals surface area contributed by atoms with Crippen LogP contribution in [0.4, 0.5) is 0 Å². The van der Waals surface area contributed by atoms with Crippen LogP contribution < -0.4 is 0 Å². The van der Waals surface area contributed by atoms with Gasteiger partial charge in [0, 0.05) is 13.1 Å². The Bertz CT molecular complexity index is 84.5. The fourth-order valence-electron chi connectivity index (χ4n) is 0.482. The summed E-state index contributed by atoms with van der Waals surface area (Å²) in [5, 5.41) is 0. The molecule has 0 amide bonds. The Morgan fingerprint density at radius 3 is 1.55 bits per heavy atom. The molecule has 0 N–H and O–H groups in total. The summed E-state index contributed by atoms with van der Waals surface area (Å²) < 4.78 is 0.579. The quantitative estimate of drug-likeness (QED) is 0.315. The molecule has 0 aliphatic carbocycles. The van der Waals surface area contributed by atoms with E-state index in [1.807, 2.05) is 18.7 Å². The molecule has 0 saturated carbocycles. The topological polar surface area (TPSA) is 3.24 Å². The van der Waals surface area contributed by atoms with Crippen molar-refractivity contribution in [1.29, 1.82) is 0 Å². The summed E-state index contributed by atoms with van der Waals surface area (Å²) in [5.41, 5.74) is 0. The van der Waals surface area contributed by atoms with E-state index in [0.29, 0.717) is 4.32 Å². The van der Waals surface area contributed by atoms with Crippen molar-refractivity contribution >= 4 is 29.2 Å². The summed E-state index contributed by atoms with van der Waals surface area (Å²) in [6.45, 7) is 5.95. The molecular formula is C7H16AuNS2. The van der Waals surface area contributed by atoms with Crippen molar-refractivity contribution in [1.82, 2.24) is 4.90 Å². The van der Waals surface area contributed by atoms with E-state index in [-0.39, 0.29) is 37.2 Å². The van der Waals surface area contributed by atoms with Crippen molar-refractivity contribution in [2.45, 2.75) is 13.8 Å². The van der Waals surface area contributed by atoms with Gasteiger partial charge in [-0.2, -0.15) is 0 Å². The minimum atomic E-state index is 0. The van der Waals surface area contributed by atoms with Gasteiger partial charge in [-0.05, 0) is 13.8 Å². The van der Waals surface area contributed by atoms with Gasteiger partial charge in [-0.3, -0.25) is 0 Å². The van der Waals surface area contributed by atoms with Crippen LogP contribution in [0.5, 0.6) is 0 Å². The van der Waals surface area contributed by atoms with E-state index in [0.717, 1.165) is 13.1 Å². The third-order valence-corrected chi connectivity index (χ3v) is 1.54. The second-order valence-electron chi connectivity index (χ2n) is 1.44. The fraction of sp³-hybridized carbons (Fsp3) is 0.571. The van der Waals surface area contributed by atoms with Crippen LogP contribution in [-0.4, -0.2) is 22.3 Å². The minimum absolute atomic E-state index is 0. The van der Waals surface area contributed by atoms with E-state index in [2.05, 4.69) is 0 Å². The molecule has 1 nitrogen and oxygen atoms in total. The van der Waals surface area contributed by atoms with Gasteiger partial charge in [0.15, 0.2) is 0 Å². The van der Waals surface area contributed by atoms with Crippen molar-refractivity contribution in [3.05, 3.63) is 14.9 Å². The molecule has 0 aromatic carbocycles. The van der Waals surface area contributed by atoms with Crippen LogP contribution in [0.25, 0.3) is 0 Å². The van der Waals surface area contributed by atoms with Gasteiger partial charge in [0.05, 0.1) is 0 Å². The Hall–Kier alpha value is 0.850. The molecule has 0 spiro atoms. The first-order valence-corrected chi connectivity index (χ1v) is 3.50. The SMILES string of the molecule is CCN(CC)C(=S)[S-].[Au+3].[CH3-].[CH3-]. The van der Waals surface area contributed by atoms with Crippen LogP contribution in [0.1, 0.15) is 13.8 Å². The van der Waals surface area contributed by atoms with E-state index in [9.17, 15) is 0 Å². The van der Waals surface area contributed by atoms with Crippen LogP contribution in [-0.2, 0) is 35.0 Å². The number of rotatable bonds is 2. The number of nitrogens with zero attached hydrogens (tertiary/aromatic N) is 1. The summed E-state index contributed by atoms with van der Waals surface area (Å²) in [6.07, 6.45) is 0. The molecule has 0 unspecified atom stereocenters. The predicted octanol–water partition coefficient (Wildman–Crippen LogP) is 2.06. The molecule has 0 radical (unpaired) electrons. The zero-order chi connectivity index (χ0) is 6.57. The first-order valence-electron chi connectivity index (χ1n) is 2.68. The van der Waals surface area contributed by atoms with E-state index in [1.165, 1.54) is 0 Å². The van der Waals surface area contributed by atoms with E-state index < -0.39 is 0 Å². The van der Waals surface area contributed by atoms with Gasteiger partial charge < -0.3 is 44.6 Å². The molecule has 0 saturated heterocycles. The number of hydrogen-bond acceptors (Lipinski definition) is 2. The predicted molar refractivity (Wildman–Crippen MR) is 55.7 cm³/mol. The third kappa shape index (κ3) is 10.9. The molecule has 0 aromatic rings. The fourth-order valence-corrected chi connectivity index (χ4v) is 0.998. The minimum Gasteiger partial charge on any atom is -0.411 e. The first kappa shape index (κ1) is 22.6. The van der Waals surface area contributed by atoms with Crippen LogP contribution in [0.2, 0.25) is 0 Å². The molecule has 72 valence electrons. The van der Waals surface area contributed by atoms with Gasteiger partial charge in [0.1, 0.15) is 0 Å². The molecule has 0 heterocycles. The summed E-state index contributed by atoms with van der Waals surface area (Å²) >= 11 is 9.51. The van der Waals surface area contributed by atoms with Gasteiger partial charge in [0.25, 0.3) is 0 Å². The van der Waals surface area contributed by atoms with Crippen molar-refractivity contribution in [2.75, 3.05) is 13.1 Å². The Morgan fingerprint density at radius 2 is 1.55 bits per heavy atom. The van der Waals surface area contributed by atoms with Crippen molar-refractivity contribution in [3.63, 3.8) is 0 Å².